The topological polar surface area (TPSA) is 69.3 Å². The quantitative estimate of drug-likeness (QED) is 0.423. The Hall–Kier alpha value is -3.19. The fraction of sp³-hybridized carbons (Fsp3) is 0.444. The predicted molar refractivity (Wildman–Crippen MR) is 138 cm³/mol. The highest BCUT2D eigenvalue weighted by molar-refractivity contribution is 5.94. The van der Waals surface area contributed by atoms with Crippen molar-refractivity contribution in [1.82, 2.24) is 4.90 Å². The van der Waals surface area contributed by atoms with Crippen LogP contribution in [-0.2, 0) is 4.79 Å². The van der Waals surface area contributed by atoms with E-state index in [-0.39, 0.29) is 5.91 Å². The second-order valence-corrected chi connectivity index (χ2v) is 8.47. The summed E-state index contributed by atoms with van der Waals surface area (Å²) in [6.07, 6.45) is 4.27. The summed E-state index contributed by atoms with van der Waals surface area (Å²) < 4.78 is 21.6. The maximum absolute atomic E-state index is 12.8. The Labute approximate surface area is 203 Å². The second kappa shape index (κ2) is 12.9. The SMILES string of the molecule is COc1ccc(/C=C\c2cc(OC)c(OC)c(OC)c2)c(NC(=O)CCN(C(C)C)C(C)C)c1. The van der Waals surface area contributed by atoms with Gasteiger partial charge in [-0.15, -0.1) is 0 Å². The van der Waals surface area contributed by atoms with Crippen LogP contribution in [0.1, 0.15) is 45.2 Å². The number of anilines is 1. The fourth-order valence-electron chi connectivity index (χ4n) is 3.86. The number of rotatable bonds is 12. The molecule has 0 bridgehead atoms. The third-order valence-corrected chi connectivity index (χ3v) is 5.60. The van der Waals surface area contributed by atoms with Gasteiger partial charge in [0.15, 0.2) is 11.5 Å². The highest BCUT2D eigenvalue weighted by atomic mass is 16.5. The highest BCUT2D eigenvalue weighted by Gasteiger charge is 2.16. The number of methoxy groups -OCH3 is 4. The number of hydrogen-bond acceptors (Lipinski definition) is 6. The summed E-state index contributed by atoms with van der Waals surface area (Å²) in [5, 5.41) is 3.05. The van der Waals surface area contributed by atoms with Gasteiger partial charge in [0, 0.05) is 31.1 Å². The van der Waals surface area contributed by atoms with Gasteiger partial charge in [0.2, 0.25) is 11.7 Å². The van der Waals surface area contributed by atoms with Crippen LogP contribution in [0.4, 0.5) is 5.69 Å². The van der Waals surface area contributed by atoms with E-state index in [1.165, 1.54) is 0 Å². The number of hydrogen-bond donors (Lipinski definition) is 1. The normalized spacial score (nSPS) is 11.4. The fourth-order valence-corrected chi connectivity index (χ4v) is 3.86. The van der Waals surface area contributed by atoms with Gasteiger partial charge < -0.3 is 24.3 Å². The summed E-state index contributed by atoms with van der Waals surface area (Å²) in [7, 11) is 6.35. The molecule has 0 aromatic heterocycles. The first-order chi connectivity index (χ1) is 16.2. The number of benzene rings is 2. The van der Waals surface area contributed by atoms with E-state index in [0.29, 0.717) is 53.7 Å². The third-order valence-electron chi connectivity index (χ3n) is 5.60. The molecule has 0 unspecified atom stereocenters. The van der Waals surface area contributed by atoms with E-state index in [4.69, 9.17) is 18.9 Å². The van der Waals surface area contributed by atoms with Crippen molar-refractivity contribution in [1.29, 1.82) is 0 Å². The number of carbonyl (C=O) groups is 1. The van der Waals surface area contributed by atoms with Gasteiger partial charge in [-0.3, -0.25) is 9.69 Å². The summed E-state index contributed by atoms with van der Waals surface area (Å²) >= 11 is 0. The van der Waals surface area contributed by atoms with Gasteiger partial charge in [0.05, 0.1) is 34.1 Å². The molecule has 2 aromatic rings. The van der Waals surface area contributed by atoms with Crippen LogP contribution in [0.25, 0.3) is 12.2 Å². The van der Waals surface area contributed by atoms with E-state index >= 15 is 0 Å². The van der Waals surface area contributed by atoms with Crippen molar-refractivity contribution in [2.45, 2.75) is 46.2 Å². The Morgan fingerprint density at radius 1 is 0.882 bits per heavy atom. The minimum absolute atomic E-state index is 0.0398. The average molecular weight is 471 g/mol. The van der Waals surface area contributed by atoms with E-state index in [1.54, 1.807) is 28.4 Å². The smallest absolute Gasteiger partial charge is 0.225 e. The molecule has 0 aliphatic carbocycles. The van der Waals surface area contributed by atoms with E-state index in [1.807, 2.05) is 42.5 Å². The minimum Gasteiger partial charge on any atom is -0.497 e. The zero-order chi connectivity index (χ0) is 25.3. The molecule has 0 aliphatic rings. The third kappa shape index (κ3) is 7.15. The lowest BCUT2D eigenvalue weighted by Gasteiger charge is -2.30. The molecule has 0 spiro atoms. The summed E-state index contributed by atoms with van der Waals surface area (Å²) in [6.45, 7) is 9.28. The lowest BCUT2D eigenvalue weighted by molar-refractivity contribution is -0.116. The molecule has 1 N–H and O–H groups in total. The van der Waals surface area contributed by atoms with Crippen molar-refractivity contribution in [3.63, 3.8) is 0 Å². The lowest BCUT2D eigenvalue weighted by atomic mass is 10.1. The molecule has 34 heavy (non-hydrogen) atoms. The largest absolute Gasteiger partial charge is 0.497 e. The van der Waals surface area contributed by atoms with E-state index < -0.39 is 0 Å². The number of nitrogens with zero attached hydrogens (tertiary/aromatic N) is 1. The maximum Gasteiger partial charge on any atom is 0.225 e. The Kier molecular flexibility index (Phi) is 10.3. The van der Waals surface area contributed by atoms with E-state index in [9.17, 15) is 4.79 Å². The molecule has 0 heterocycles. The zero-order valence-electron chi connectivity index (χ0n) is 21.6. The van der Waals surface area contributed by atoms with Gasteiger partial charge in [-0.2, -0.15) is 0 Å². The summed E-state index contributed by atoms with van der Waals surface area (Å²) in [4.78, 5) is 15.1. The molecule has 186 valence electrons. The Balaban J connectivity index is 2.27. The molecule has 0 atom stereocenters. The number of amides is 1. The molecule has 1 amide bonds. The van der Waals surface area contributed by atoms with Crippen LogP contribution in [0.3, 0.4) is 0 Å². The first kappa shape index (κ1) is 27.1. The molecule has 0 fully saturated rings. The van der Waals surface area contributed by atoms with Crippen LogP contribution in [0.2, 0.25) is 0 Å². The first-order valence-corrected chi connectivity index (χ1v) is 11.5. The molecule has 7 heteroatoms. The van der Waals surface area contributed by atoms with Crippen molar-refractivity contribution in [2.24, 2.45) is 0 Å². The number of ether oxygens (including phenoxy) is 4. The van der Waals surface area contributed by atoms with Gasteiger partial charge >= 0.3 is 0 Å². The molecule has 7 nitrogen and oxygen atoms in total. The van der Waals surface area contributed by atoms with Crippen molar-refractivity contribution in [3.05, 3.63) is 41.5 Å². The van der Waals surface area contributed by atoms with Gasteiger partial charge in [-0.1, -0.05) is 12.2 Å². The van der Waals surface area contributed by atoms with Crippen molar-refractivity contribution in [3.8, 4) is 23.0 Å². The Morgan fingerprint density at radius 2 is 1.50 bits per heavy atom. The van der Waals surface area contributed by atoms with Crippen molar-refractivity contribution in [2.75, 3.05) is 40.3 Å². The van der Waals surface area contributed by atoms with Crippen molar-refractivity contribution >= 4 is 23.7 Å². The zero-order valence-corrected chi connectivity index (χ0v) is 21.6. The average Bonchev–Trinajstić information content (AvgIpc) is 2.81. The maximum atomic E-state index is 12.8. The van der Waals surface area contributed by atoms with Crippen LogP contribution in [-0.4, -0.2) is 57.9 Å². The van der Waals surface area contributed by atoms with Gasteiger partial charge in [0.25, 0.3) is 0 Å². The molecule has 0 radical (unpaired) electrons. The molecular formula is C27H38N2O5. The van der Waals surface area contributed by atoms with E-state index in [0.717, 1.165) is 11.1 Å². The molecule has 0 saturated carbocycles. The van der Waals surface area contributed by atoms with Gasteiger partial charge in [-0.25, -0.2) is 0 Å². The summed E-state index contributed by atoms with van der Waals surface area (Å²) in [6, 6.07) is 10.1. The van der Waals surface area contributed by atoms with Gasteiger partial charge in [-0.05, 0) is 63.1 Å². The monoisotopic (exact) mass is 470 g/mol. The summed E-state index contributed by atoms with van der Waals surface area (Å²) in [5.74, 6) is 2.32. The molecule has 2 aromatic carbocycles. The minimum atomic E-state index is -0.0398. The Morgan fingerprint density at radius 3 is 2.00 bits per heavy atom. The molecular weight excluding hydrogens is 432 g/mol. The number of nitrogens with one attached hydrogen (secondary N) is 1. The lowest BCUT2D eigenvalue weighted by Crippen LogP contribution is -2.39. The van der Waals surface area contributed by atoms with Crippen LogP contribution in [0.15, 0.2) is 30.3 Å². The molecule has 2 rings (SSSR count). The summed E-state index contributed by atoms with van der Waals surface area (Å²) in [5.41, 5.74) is 2.41. The second-order valence-electron chi connectivity index (χ2n) is 8.47. The first-order valence-electron chi connectivity index (χ1n) is 11.5. The highest BCUT2D eigenvalue weighted by Crippen LogP contribution is 2.38. The van der Waals surface area contributed by atoms with Crippen LogP contribution < -0.4 is 24.3 Å². The number of carbonyl (C=O) groups excluding carboxylic acids is 1. The van der Waals surface area contributed by atoms with Crippen LogP contribution in [0.5, 0.6) is 23.0 Å². The van der Waals surface area contributed by atoms with Crippen molar-refractivity contribution < 1.29 is 23.7 Å². The van der Waals surface area contributed by atoms with E-state index in [2.05, 4.69) is 37.9 Å². The standard InChI is InChI=1S/C27H38N2O5/c1-18(2)29(19(3)4)14-13-26(30)28-23-17-22(31-5)12-11-21(23)10-9-20-15-24(32-6)27(34-8)25(16-20)33-7/h9-12,15-19H,13-14H2,1-8H3,(H,28,30)/b10-9-. The molecule has 0 aliphatic heterocycles. The predicted octanol–water partition coefficient (Wildman–Crippen LogP) is 5.34. The van der Waals surface area contributed by atoms with Gasteiger partial charge in [0.1, 0.15) is 5.75 Å². The molecule has 0 saturated heterocycles. The van der Waals surface area contributed by atoms with Crippen LogP contribution in [0, 0.1) is 0 Å². The Bertz CT molecular complexity index is 952. The van der Waals surface area contributed by atoms with Crippen LogP contribution >= 0.6 is 0 Å².